The second-order valence-electron chi connectivity index (χ2n) is 4.39. The molecular formula is C11H19N3O4. The molecule has 0 radical (unpaired) electrons. The van der Waals surface area contributed by atoms with Crippen molar-refractivity contribution in [1.29, 1.82) is 0 Å². The highest BCUT2D eigenvalue weighted by Gasteiger charge is 2.37. The van der Waals surface area contributed by atoms with Crippen LogP contribution in [0.5, 0.6) is 0 Å². The van der Waals surface area contributed by atoms with E-state index in [2.05, 4.69) is 16.0 Å². The molecule has 0 aromatic heterocycles. The quantitative estimate of drug-likeness (QED) is 0.521. The number of carboxylic acid groups (broad SMARTS) is 1. The maximum atomic E-state index is 11.6. The summed E-state index contributed by atoms with van der Waals surface area (Å²) in [6.07, 6.45) is 1.71. The highest BCUT2D eigenvalue weighted by molar-refractivity contribution is 5.97. The summed E-state index contributed by atoms with van der Waals surface area (Å²) in [5.74, 6) is -1.41. The van der Waals surface area contributed by atoms with E-state index in [4.69, 9.17) is 5.11 Å². The van der Waals surface area contributed by atoms with E-state index in [1.54, 1.807) is 6.92 Å². The Morgan fingerprint density at radius 3 is 2.39 bits per heavy atom. The lowest BCUT2D eigenvalue weighted by molar-refractivity contribution is -0.140. The Morgan fingerprint density at radius 2 is 1.94 bits per heavy atom. The van der Waals surface area contributed by atoms with Crippen molar-refractivity contribution in [3.8, 4) is 0 Å². The molecule has 102 valence electrons. The van der Waals surface area contributed by atoms with E-state index in [0.29, 0.717) is 6.54 Å². The molecule has 2 unspecified atom stereocenters. The Labute approximate surface area is 105 Å². The first-order chi connectivity index (χ1) is 8.45. The summed E-state index contributed by atoms with van der Waals surface area (Å²) in [4.78, 5) is 33.7. The molecule has 0 saturated heterocycles. The summed E-state index contributed by atoms with van der Waals surface area (Å²) >= 11 is 0. The molecule has 7 heteroatoms. The SMILES string of the molecule is CCNC(=O)NC(=O)C(C)NC(C(=O)O)C1CC1. The zero-order chi connectivity index (χ0) is 13.7. The van der Waals surface area contributed by atoms with Crippen molar-refractivity contribution in [2.75, 3.05) is 6.54 Å². The third-order valence-corrected chi connectivity index (χ3v) is 2.76. The van der Waals surface area contributed by atoms with Crippen LogP contribution in [0, 0.1) is 5.92 Å². The van der Waals surface area contributed by atoms with Gasteiger partial charge in [0.15, 0.2) is 0 Å². The zero-order valence-corrected chi connectivity index (χ0v) is 10.5. The minimum atomic E-state index is -0.963. The molecule has 1 aliphatic carbocycles. The number of hydrogen-bond donors (Lipinski definition) is 4. The van der Waals surface area contributed by atoms with Crippen LogP contribution in [-0.2, 0) is 9.59 Å². The van der Waals surface area contributed by atoms with Gasteiger partial charge in [-0.2, -0.15) is 0 Å². The number of aliphatic carboxylic acids is 1. The van der Waals surface area contributed by atoms with Crippen LogP contribution in [0.4, 0.5) is 4.79 Å². The summed E-state index contributed by atoms with van der Waals surface area (Å²) in [5.41, 5.74) is 0. The number of carbonyl (C=O) groups is 3. The molecule has 18 heavy (non-hydrogen) atoms. The maximum absolute atomic E-state index is 11.6. The van der Waals surface area contributed by atoms with Crippen molar-refractivity contribution >= 4 is 17.9 Å². The smallest absolute Gasteiger partial charge is 0.321 e. The molecule has 7 nitrogen and oxygen atoms in total. The lowest BCUT2D eigenvalue weighted by Gasteiger charge is -2.19. The Kier molecular flexibility index (Phi) is 5.08. The minimum Gasteiger partial charge on any atom is -0.480 e. The maximum Gasteiger partial charge on any atom is 0.321 e. The van der Waals surface area contributed by atoms with Crippen LogP contribution in [0.1, 0.15) is 26.7 Å². The number of carbonyl (C=O) groups excluding carboxylic acids is 2. The first kappa shape index (κ1) is 14.4. The van der Waals surface area contributed by atoms with Gasteiger partial charge in [0.05, 0.1) is 6.04 Å². The fourth-order valence-corrected chi connectivity index (χ4v) is 1.61. The highest BCUT2D eigenvalue weighted by atomic mass is 16.4. The molecule has 1 saturated carbocycles. The predicted molar refractivity (Wildman–Crippen MR) is 64.0 cm³/mol. The highest BCUT2D eigenvalue weighted by Crippen LogP contribution is 2.32. The fourth-order valence-electron chi connectivity index (χ4n) is 1.61. The van der Waals surface area contributed by atoms with Crippen molar-refractivity contribution in [1.82, 2.24) is 16.0 Å². The van der Waals surface area contributed by atoms with Crippen LogP contribution in [0.15, 0.2) is 0 Å². The lowest BCUT2D eigenvalue weighted by Crippen LogP contribution is -2.52. The normalized spacial score (nSPS) is 17.7. The van der Waals surface area contributed by atoms with Crippen LogP contribution in [0.3, 0.4) is 0 Å². The molecule has 1 fully saturated rings. The number of hydrogen-bond acceptors (Lipinski definition) is 4. The fraction of sp³-hybridized carbons (Fsp3) is 0.727. The van der Waals surface area contributed by atoms with E-state index in [-0.39, 0.29) is 5.92 Å². The van der Waals surface area contributed by atoms with Gasteiger partial charge in [-0.3, -0.25) is 20.2 Å². The van der Waals surface area contributed by atoms with E-state index in [1.165, 1.54) is 6.92 Å². The molecule has 0 aromatic rings. The van der Waals surface area contributed by atoms with Gasteiger partial charge >= 0.3 is 12.0 Å². The van der Waals surface area contributed by atoms with Crippen LogP contribution < -0.4 is 16.0 Å². The van der Waals surface area contributed by atoms with Gasteiger partial charge in [0.1, 0.15) is 6.04 Å². The molecule has 3 amide bonds. The topological polar surface area (TPSA) is 108 Å². The zero-order valence-electron chi connectivity index (χ0n) is 10.5. The van der Waals surface area contributed by atoms with E-state index >= 15 is 0 Å². The molecular weight excluding hydrogens is 238 g/mol. The second-order valence-corrected chi connectivity index (χ2v) is 4.39. The number of urea groups is 1. The second kappa shape index (κ2) is 6.34. The van der Waals surface area contributed by atoms with E-state index < -0.39 is 30.0 Å². The van der Waals surface area contributed by atoms with Crippen molar-refractivity contribution < 1.29 is 19.5 Å². The molecule has 1 rings (SSSR count). The van der Waals surface area contributed by atoms with Gasteiger partial charge < -0.3 is 10.4 Å². The molecule has 0 aliphatic heterocycles. The van der Waals surface area contributed by atoms with Gasteiger partial charge in [0, 0.05) is 6.54 Å². The Bertz CT molecular complexity index is 341. The van der Waals surface area contributed by atoms with Crippen molar-refractivity contribution in [3.63, 3.8) is 0 Å². The van der Waals surface area contributed by atoms with Crippen LogP contribution in [0.25, 0.3) is 0 Å². The number of nitrogens with one attached hydrogen (secondary N) is 3. The van der Waals surface area contributed by atoms with Gasteiger partial charge in [0.25, 0.3) is 0 Å². The summed E-state index contributed by atoms with van der Waals surface area (Å²) < 4.78 is 0. The minimum absolute atomic E-state index is 0.0854. The number of imide groups is 1. The Morgan fingerprint density at radius 1 is 1.33 bits per heavy atom. The average Bonchev–Trinajstić information content (AvgIpc) is 3.08. The summed E-state index contributed by atoms with van der Waals surface area (Å²) in [6, 6.07) is -2.02. The third kappa shape index (κ3) is 4.33. The van der Waals surface area contributed by atoms with Gasteiger partial charge in [-0.05, 0) is 32.6 Å². The monoisotopic (exact) mass is 257 g/mol. The predicted octanol–water partition coefficient (Wildman–Crippen LogP) is -0.327. The molecule has 0 spiro atoms. The summed E-state index contributed by atoms with van der Waals surface area (Å²) in [7, 11) is 0. The molecule has 1 aliphatic rings. The van der Waals surface area contributed by atoms with Crippen LogP contribution in [0.2, 0.25) is 0 Å². The van der Waals surface area contributed by atoms with E-state index in [1.807, 2.05) is 0 Å². The molecule has 4 N–H and O–H groups in total. The Balaban J connectivity index is 2.42. The number of carboxylic acids is 1. The largest absolute Gasteiger partial charge is 0.480 e. The van der Waals surface area contributed by atoms with Crippen molar-refractivity contribution in [3.05, 3.63) is 0 Å². The standard InChI is InChI=1S/C11H19N3O4/c1-3-12-11(18)14-9(15)6(2)13-8(10(16)17)7-4-5-7/h6-8,13H,3-5H2,1-2H3,(H,16,17)(H2,12,14,15,18). The van der Waals surface area contributed by atoms with Gasteiger partial charge in [-0.1, -0.05) is 0 Å². The summed E-state index contributed by atoms with van der Waals surface area (Å²) in [5, 5.41) is 16.3. The lowest BCUT2D eigenvalue weighted by atomic mass is 10.1. The van der Waals surface area contributed by atoms with Crippen LogP contribution >= 0.6 is 0 Å². The molecule has 0 bridgehead atoms. The Hall–Kier alpha value is -1.63. The average molecular weight is 257 g/mol. The molecule has 0 heterocycles. The first-order valence-corrected chi connectivity index (χ1v) is 6.03. The number of rotatable bonds is 6. The van der Waals surface area contributed by atoms with Crippen molar-refractivity contribution in [2.45, 2.75) is 38.8 Å². The van der Waals surface area contributed by atoms with Gasteiger partial charge in [-0.25, -0.2) is 4.79 Å². The number of amides is 3. The summed E-state index contributed by atoms with van der Waals surface area (Å²) in [6.45, 7) is 3.69. The van der Waals surface area contributed by atoms with Crippen LogP contribution in [-0.4, -0.2) is 41.6 Å². The van der Waals surface area contributed by atoms with Gasteiger partial charge in [-0.15, -0.1) is 0 Å². The van der Waals surface area contributed by atoms with E-state index in [9.17, 15) is 14.4 Å². The molecule has 2 atom stereocenters. The molecule has 0 aromatic carbocycles. The third-order valence-electron chi connectivity index (χ3n) is 2.76. The first-order valence-electron chi connectivity index (χ1n) is 6.03. The van der Waals surface area contributed by atoms with Crippen molar-refractivity contribution in [2.24, 2.45) is 5.92 Å². The van der Waals surface area contributed by atoms with Gasteiger partial charge in [0.2, 0.25) is 5.91 Å². The van der Waals surface area contributed by atoms with E-state index in [0.717, 1.165) is 12.8 Å².